The number of halogens is 1. The molecule has 21 heavy (non-hydrogen) atoms. The first kappa shape index (κ1) is 20.8. The van der Waals surface area contributed by atoms with Gasteiger partial charge in [0.2, 0.25) is 5.91 Å². The van der Waals surface area contributed by atoms with Gasteiger partial charge in [0.25, 0.3) is 0 Å². The third-order valence-corrected chi connectivity index (χ3v) is 4.42. The van der Waals surface area contributed by atoms with Gasteiger partial charge in [-0.25, -0.2) is 0 Å². The van der Waals surface area contributed by atoms with Gasteiger partial charge in [-0.05, 0) is 31.9 Å². The Balaban J connectivity index is 0.00000400. The number of guanidine groups is 1. The normalized spacial score (nSPS) is 18.0. The van der Waals surface area contributed by atoms with Crippen molar-refractivity contribution in [2.24, 2.45) is 4.99 Å². The minimum atomic E-state index is 0. The lowest BCUT2D eigenvalue weighted by molar-refractivity contribution is -0.120. The summed E-state index contributed by atoms with van der Waals surface area (Å²) in [7, 11) is 0. The van der Waals surface area contributed by atoms with Crippen LogP contribution >= 0.6 is 35.7 Å². The molecule has 0 aliphatic carbocycles. The Hall–Kier alpha value is -0.180. The molecule has 0 saturated carbocycles. The Kier molecular flexibility index (Phi) is 13.4. The number of aliphatic imine (C=N–C) groups is 1. The number of amides is 1. The van der Waals surface area contributed by atoms with Crippen molar-refractivity contribution in [3.63, 3.8) is 0 Å². The minimum Gasteiger partial charge on any atom is -0.357 e. The Bertz CT molecular complexity index is 309. The number of hydrogen-bond acceptors (Lipinski definition) is 3. The van der Waals surface area contributed by atoms with Crippen LogP contribution < -0.4 is 16.0 Å². The first-order valence-electron chi connectivity index (χ1n) is 7.66. The van der Waals surface area contributed by atoms with Crippen LogP contribution in [0.2, 0.25) is 0 Å². The Labute approximate surface area is 149 Å². The number of nitrogens with zero attached hydrogens (tertiary/aromatic N) is 1. The van der Waals surface area contributed by atoms with E-state index in [1.165, 1.54) is 18.6 Å². The van der Waals surface area contributed by atoms with Crippen LogP contribution in [0.1, 0.15) is 39.5 Å². The molecule has 5 nitrogen and oxygen atoms in total. The highest BCUT2D eigenvalue weighted by molar-refractivity contribution is 14.0. The fourth-order valence-corrected chi connectivity index (χ4v) is 3.15. The molecule has 7 heteroatoms. The van der Waals surface area contributed by atoms with Crippen molar-refractivity contribution >= 4 is 47.6 Å². The summed E-state index contributed by atoms with van der Waals surface area (Å²) < 4.78 is 0. The van der Waals surface area contributed by atoms with E-state index in [4.69, 9.17) is 0 Å². The molecule has 3 N–H and O–H groups in total. The van der Waals surface area contributed by atoms with Crippen LogP contribution in [-0.4, -0.2) is 49.0 Å². The number of rotatable bonds is 8. The van der Waals surface area contributed by atoms with Gasteiger partial charge in [0, 0.05) is 31.3 Å². The molecule has 1 unspecified atom stereocenters. The molecule has 0 aromatic carbocycles. The van der Waals surface area contributed by atoms with Gasteiger partial charge in [-0.15, -0.1) is 24.0 Å². The van der Waals surface area contributed by atoms with E-state index >= 15 is 0 Å². The average Bonchev–Trinajstić information content (AvgIpc) is 2.95. The second-order valence-electron chi connectivity index (χ2n) is 4.88. The molecule has 0 radical (unpaired) electrons. The number of hydrogen-bond donors (Lipinski definition) is 3. The van der Waals surface area contributed by atoms with Gasteiger partial charge in [-0.2, -0.15) is 11.8 Å². The maximum atomic E-state index is 11.5. The third-order valence-electron chi connectivity index (χ3n) is 3.04. The van der Waals surface area contributed by atoms with Crippen LogP contribution in [0.25, 0.3) is 0 Å². The van der Waals surface area contributed by atoms with Crippen molar-refractivity contribution in [3.05, 3.63) is 0 Å². The van der Waals surface area contributed by atoms with Gasteiger partial charge in [0.05, 0.1) is 6.54 Å². The van der Waals surface area contributed by atoms with Crippen LogP contribution in [0.3, 0.4) is 0 Å². The Morgan fingerprint density at radius 3 is 2.67 bits per heavy atom. The van der Waals surface area contributed by atoms with Gasteiger partial charge in [-0.3, -0.25) is 9.79 Å². The molecular formula is C14H29IN4OS. The van der Waals surface area contributed by atoms with E-state index in [1.54, 1.807) is 0 Å². The maximum Gasteiger partial charge on any atom is 0.221 e. The van der Waals surface area contributed by atoms with Gasteiger partial charge in [-0.1, -0.05) is 6.92 Å². The Morgan fingerprint density at radius 1 is 1.24 bits per heavy atom. The first-order valence-corrected chi connectivity index (χ1v) is 8.71. The molecule has 0 aromatic heterocycles. The summed E-state index contributed by atoms with van der Waals surface area (Å²) in [6, 6.07) is 0. The number of carbonyl (C=O) groups is 1. The van der Waals surface area contributed by atoms with E-state index in [0.717, 1.165) is 32.0 Å². The van der Waals surface area contributed by atoms with Gasteiger partial charge in [0.15, 0.2) is 5.96 Å². The molecular weight excluding hydrogens is 399 g/mol. The highest BCUT2D eigenvalue weighted by atomic mass is 127. The van der Waals surface area contributed by atoms with E-state index in [-0.39, 0.29) is 29.9 Å². The predicted octanol–water partition coefficient (Wildman–Crippen LogP) is 1.97. The zero-order valence-electron chi connectivity index (χ0n) is 13.1. The smallest absolute Gasteiger partial charge is 0.221 e. The molecule has 1 aliphatic rings. The molecule has 0 spiro atoms. The van der Waals surface area contributed by atoms with Crippen molar-refractivity contribution in [3.8, 4) is 0 Å². The lowest BCUT2D eigenvalue weighted by Gasteiger charge is -2.12. The summed E-state index contributed by atoms with van der Waals surface area (Å²) in [6.45, 7) is 7.18. The summed E-state index contributed by atoms with van der Waals surface area (Å²) >= 11 is 2.01. The molecule has 1 amide bonds. The molecule has 0 bridgehead atoms. The van der Waals surface area contributed by atoms with E-state index in [1.807, 2.05) is 11.8 Å². The highest BCUT2D eigenvalue weighted by Gasteiger charge is 2.14. The lowest BCUT2D eigenvalue weighted by Crippen LogP contribution is -2.39. The fourth-order valence-electron chi connectivity index (χ4n) is 1.97. The van der Waals surface area contributed by atoms with Crippen LogP contribution in [0, 0.1) is 0 Å². The zero-order chi connectivity index (χ0) is 14.6. The third kappa shape index (κ3) is 10.2. The number of carbonyl (C=O) groups excluding carboxylic acids is 1. The predicted molar refractivity (Wildman–Crippen MR) is 103 cm³/mol. The van der Waals surface area contributed by atoms with E-state index in [9.17, 15) is 4.79 Å². The number of nitrogens with one attached hydrogen (secondary N) is 3. The monoisotopic (exact) mass is 428 g/mol. The minimum absolute atomic E-state index is 0. The summed E-state index contributed by atoms with van der Waals surface area (Å²) in [5.41, 5.74) is 0. The van der Waals surface area contributed by atoms with Crippen molar-refractivity contribution in [2.75, 3.05) is 31.9 Å². The van der Waals surface area contributed by atoms with E-state index in [2.05, 4.69) is 34.8 Å². The van der Waals surface area contributed by atoms with Crippen molar-refractivity contribution in [2.45, 2.75) is 44.8 Å². The first-order chi connectivity index (χ1) is 9.76. The van der Waals surface area contributed by atoms with Crippen LogP contribution in [0.4, 0.5) is 0 Å². The topological polar surface area (TPSA) is 65.5 Å². The summed E-state index contributed by atoms with van der Waals surface area (Å²) in [5.74, 6) is 2.19. The second kappa shape index (κ2) is 13.5. The standard InChI is InChI=1S/C14H28N4OS.HI/c1-3-8-16-13(19)7-9-17-14(15-4-2)18-11-12-6-5-10-20-12;/h12H,3-11H2,1-2H3,(H,16,19)(H2,15,17,18);1H. The maximum absolute atomic E-state index is 11.5. The largest absolute Gasteiger partial charge is 0.357 e. The van der Waals surface area contributed by atoms with Crippen molar-refractivity contribution < 1.29 is 4.79 Å². The lowest BCUT2D eigenvalue weighted by atomic mass is 10.2. The fraction of sp³-hybridized carbons (Fsp3) is 0.857. The molecule has 1 atom stereocenters. The molecule has 124 valence electrons. The molecule has 1 fully saturated rings. The summed E-state index contributed by atoms with van der Waals surface area (Å²) in [5, 5.41) is 9.98. The summed E-state index contributed by atoms with van der Waals surface area (Å²) in [6.07, 6.45) is 4.05. The van der Waals surface area contributed by atoms with Crippen LogP contribution in [-0.2, 0) is 4.79 Å². The SMILES string of the molecule is CCCNC(=O)CCNC(=NCC1CCCS1)NCC.I. The molecule has 0 aromatic rings. The van der Waals surface area contributed by atoms with Gasteiger partial charge >= 0.3 is 0 Å². The highest BCUT2D eigenvalue weighted by Crippen LogP contribution is 2.25. The average molecular weight is 428 g/mol. The van der Waals surface area contributed by atoms with Crippen molar-refractivity contribution in [1.29, 1.82) is 0 Å². The second-order valence-corrected chi connectivity index (χ2v) is 6.29. The van der Waals surface area contributed by atoms with E-state index in [0.29, 0.717) is 18.2 Å². The van der Waals surface area contributed by atoms with Crippen LogP contribution in [0.5, 0.6) is 0 Å². The Morgan fingerprint density at radius 2 is 2.05 bits per heavy atom. The van der Waals surface area contributed by atoms with E-state index < -0.39 is 0 Å². The molecule has 1 saturated heterocycles. The molecule has 1 aliphatic heterocycles. The zero-order valence-corrected chi connectivity index (χ0v) is 16.3. The molecule has 1 rings (SSSR count). The van der Waals surface area contributed by atoms with Crippen LogP contribution in [0.15, 0.2) is 4.99 Å². The number of thioether (sulfide) groups is 1. The quantitative estimate of drug-likeness (QED) is 0.314. The molecule has 1 heterocycles. The summed E-state index contributed by atoms with van der Waals surface area (Å²) in [4.78, 5) is 16.1. The van der Waals surface area contributed by atoms with Gasteiger partial charge in [0.1, 0.15) is 0 Å². The van der Waals surface area contributed by atoms with Gasteiger partial charge < -0.3 is 16.0 Å². The van der Waals surface area contributed by atoms with Crippen molar-refractivity contribution in [1.82, 2.24) is 16.0 Å².